The predicted octanol–water partition coefficient (Wildman–Crippen LogP) is 3.10. The van der Waals surface area contributed by atoms with E-state index in [0.717, 1.165) is 12.1 Å². The average Bonchev–Trinajstić information content (AvgIpc) is 3.27. The number of rotatable bonds is 8. The van der Waals surface area contributed by atoms with Gasteiger partial charge in [0.1, 0.15) is 0 Å². The molecule has 2 rings (SSSR count). The number of benzene rings is 1. The Hall–Kier alpha value is -1.19. The molecular formula is C17H25NO2. The van der Waals surface area contributed by atoms with E-state index in [4.69, 9.17) is 4.74 Å². The molecule has 1 aromatic rings. The van der Waals surface area contributed by atoms with E-state index in [9.17, 15) is 4.79 Å². The van der Waals surface area contributed by atoms with Crippen LogP contribution in [0.1, 0.15) is 48.5 Å². The lowest BCUT2D eigenvalue weighted by Gasteiger charge is -2.20. The molecule has 0 amide bonds. The summed E-state index contributed by atoms with van der Waals surface area (Å²) in [5, 5.41) is 0. The van der Waals surface area contributed by atoms with E-state index < -0.39 is 0 Å². The van der Waals surface area contributed by atoms with Gasteiger partial charge in [-0.15, -0.1) is 0 Å². The van der Waals surface area contributed by atoms with Crippen molar-refractivity contribution in [1.29, 1.82) is 0 Å². The fourth-order valence-electron chi connectivity index (χ4n) is 2.37. The number of Topliss-reactive ketones (excluding diaryl/α,β-unsaturated/α-hetero) is 1. The second kappa shape index (κ2) is 7.00. The molecule has 0 saturated heterocycles. The van der Waals surface area contributed by atoms with E-state index in [1.807, 2.05) is 12.1 Å². The van der Waals surface area contributed by atoms with Gasteiger partial charge in [0.05, 0.1) is 13.2 Å². The topological polar surface area (TPSA) is 29.5 Å². The highest BCUT2D eigenvalue weighted by Crippen LogP contribution is 2.26. The number of nitrogens with zero attached hydrogens (tertiary/aromatic N) is 1. The van der Waals surface area contributed by atoms with E-state index in [-0.39, 0.29) is 5.78 Å². The van der Waals surface area contributed by atoms with Crippen LogP contribution < -0.4 is 0 Å². The Kier molecular flexibility index (Phi) is 5.32. The molecule has 0 aliphatic heterocycles. The van der Waals surface area contributed by atoms with Crippen molar-refractivity contribution in [2.24, 2.45) is 0 Å². The van der Waals surface area contributed by atoms with Gasteiger partial charge in [0, 0.05) is 25.3 Å². The van der Waals surface area contributed by atoms with Gasteiger partial charge < -0.3 is 4.74 Å². The van der Waals surface area contributed by atoms with Crippen LogP contribution in [0.15, 0.2) is 24.3 Å². The molecule has 1 aromatic carbocycles. The molecule has 3 heteroatoms. The first-order chi connectivity index (χ1) is 9.61. The van der Waals surface area contributed by atoms with Crippen LogP contribution in [-0.4, -0.2) is 43.5 Å². The van der Waals surface area contributed by atoms with Crippen LogP contribution in [0.2, 0.25) is 0 Å². The maximum atomic E-state index is 12.3. The van der Waals surface area contributed by atoms with E-state index in [1.165, 1.54) is 18.4 Å². The van der Waals surface area contributed by atoms with Gasteiger partial charge in [-0.1, -0.05) is 38.1 Å². The molecule has 110 valence electrons. The predicted molar refractivity (Wildman–Crippen MR) is 81.3 cm³/mol. The maximum absolute atomic E-state index is 12.3. The van der Waals surface area contributed by atoms with E-state index in [0.29, 0.717) is 25.1 Å². The molecule has 0 radical (unpaired) electrons. The van der Waals surface area contributed by atoms with Gasteiger partial charge in [0.15, 0.2) is 5.78 Å². The van der Waals surface area contributed by atoms with Crippen LogP contribution in [0.25, 0.3) is 0 Å². The number of carbonyl (C=O) groups is 1. The quantitative estimate of drug-likeness (QED) is 0.683. The zero-order valence-electron chi connectivity index (χ0n) is 12.8. The summed E-state index contributed by atoms with van der Waals surface area (Å²) >= 11 is 0. The van der Waals surface area contributed by atoms with Gasteiger partial charge in [-0.3, -0.25) is 9.69 Å². The van der Waals surface area contributed by atoms with Gasteiger partial charge in [-0.2, -0.15) is 0 Å². The van der Waals surface area contributed by atoms with Crippen LogP contribution in [0.5, 0.6) is 0 Å². The molecule has 0 heterocycles. The van der Waals surface area contributed by atoms with Gasteiger partial charge in [-0.25, -0.2) is 0 Å². The van der Waals surface area contributed by atoms with Crippen LogP contribution in [0.3, 0.4) is 0 Å². The number of ketones is 1. The third-order valence-corrected chi connectivity index (χ3v) is 3.89. The second-order valence-electron chi connectivity index (χ2n) is 5.89. The summed E-state index contributed by atoms with van der Waals surface area (Å²) < 4.78 is 5.13. The first kappa shape index (κ1) is 15.2. The smallest absolute Gasteiger partial charge is 0.176 e. The highest BCUT2D eigenvalue weighted by Gasteiger charge is 2.30. The highest BCUT2D eigenvalue weighted by atomic mass is 16.5. The molecule has 0 bridgehead atoms. The lowest BCUT2D eigenvalue weighted by Crippen LogP contribution is -2.34. The maximum Gasteiger partial charge on any atom is 0.176 e. The van der Waals surface area contributed by atoms with Crippen molar-refractivity contribution in [2.45, 2.75) is 38.6 Å². The summed E-state index contributed by atoms with van der Waals surface area (Å²) in [6, 6.07) is 8.63. The lowest BCUT2D eigenvalue weighted by molar-refractivity contribution is 0.0886. The third-order valence-electron chi connectivity index (χ3n) is 3.89. The summed E-state index contributed by atoms with van der Waals surface area (Å²) in [5.41, 5.74) is 2.09. The molecule has 1 fully saturated rings. The summed E-state index contributed by atoms with van der Waals surface area (Å²) in [6.07, 6.45) is 2.42. The minimum absolute atomic E-state index is 0.211. The van der Waals surface area contributed by atoms with E-state index in [2.05, 4.69) is 30.9 Å². The molecule has 0 N–H and O–H groups in total. The fourth-order valence-corrected chi connectivity index (χ4v) is 2.37. The number of hydrogen-bond donors (Lipinski definition) is 0. The zero-order valence-corrected chi connectivity index (χ0v) is 12.8. The number of carbonyl (C=O) groups excluding carboxylic acids is 1. The van der Waals surface area contributed by atoms with Crippen molar-refractivity contribution >= 4 is 5.78 Å². The minimum atomic E-state index is 0.211. The van der Waals surface area contributed by atoms with Crippen molar-refractivity contribution < 1.29 is 9.53 Å². The monoisotopic (exact) mass is 275 g/mol. The SMILES string of the molecule is COCCN(CC(=O)c1ccc(C(C)C)cc1)C1CC1. The lowest BCUT2D eigenvalue weighted by atomic mass is 10.0. The Morgan fingerprint density at radius 2 is 1.95 bits per heavy atom. The van der Waals surface area contributed by atoms with Crippen molar-refractivity contribution in [1.82, 2.24) is 4.90 Å². The van der Waals surface area contributed by atoms with E-state index >= 15 is 0 Å². The molecular weight excluding hydrogens is 250 g/mol. The number of hydrogen-bond acceptors (Lipinski definition) is 3. The summed E-state index contributed by atoms with van der Waals surface area (Å²) in [7, 11) is 1.71. The third kappa shape index (κ3) is 4.15. The molecule has 20 heavy (non-hydrogen) atoms. The van der Waals surface area contributed by atoms with Gasteiger partial charge in [0.25, 0.3) is 0 Å². The van der Waals surface area contributed by atoms with Crippen LogP contribution in [0.4, 0.5) is 0 Å². The van der Waals surface area contributed by atoms with Gasteiger partial charge in [0.2, 0.25) is 0 Å². The first-order valence-corrected chi connectivity index (χ1v) is 7.48. The molecule has 3 nitrogen and oxygen atoms in total. The Morgan fingerprint density at radius 3 is 2.45 bits per heavy atom. The minimum Gasteiger partial charge on any atom is -0.383 e. The Bertz CT molecular complexity index is 435. The number of methoxy groups -OCH3 is 1. The van der Waals surface area contributed by atoms with Gasteiger partial charge in [-0.05, 0) is 24.3 Å². The standard InChI is InChI=1S/C17H25NO2/c1-13(2)14-4-6-15(7-5-14)17(19)12-18(10-11-20-3)16-8-9-16/h4-7,13,16H,8-12H2,1-3H3. The second-order valence-corrected chi connectivity index (χ2v) is 5.89. The molecule has 0 aromatic heterocycles. The Morgan fingerprint density at radius 1 is 1.30 bits per heavy atom. The summed E-state index contributed by atoms with van der Waals surface area (Å²) in [5.74, 6) is 0.715. The molecule has 1 aliphatic carbocycles. The molecule has 0 unspecified atom stereocenters. The van der Waals surface area contributed by atoms with Crippen molar-refractivity contribution in [3.8, 4) is 0 Å². The normalized spacial score (nSPS) is 15.1. The average molecular weight is 275 g/mol. The van der Waals surface area contributed by atoms with Crippen LogP contribution in [0, 0.1) is 0 Å². The van der Waals surface area contributed by atoms with Gasteiger partial charge >= 0.3 is 0 Å². The van der Waals surface area contributed by atoms with Crippen molar-refractivity contribution in [2.75, 3.05) is 26.8 Å². The van der Waals surface area contributed by atoms with Crippen LogP contribution >= 0.6 is 0 Å². The molecule has 0 spiro atoms. The first-order valence-electron chi connectivity index (χ1n) is 7.48. The molecule has 1 aliphatic rings. The zero-order chi connectivity index (χ0) is 14.5. The van der Waals surface area contributed by atoms with Crippen LogP contribution in [-0.2, 0) is 4.74 Å². The number of ether oxygens (including phenoxy) is 1. The Balaban J connectivity index is 1.95. The van der Waals surface area contributed by atoms with Crippen molar-refractivity contribution in [3.63, 3.8) is 0 Å². The fraction of sp³-hybridized carbons (Fsp3) is 0.588. The largest absolute Gasteiger partial charge is 0.383 e. The summed E-state index contributed by atoms with van der Waals surface area (Å²) in [6.45, 7) is 6.37. The molecule has 1 saturated carbocycles. The Labute approximate surface area is 121 Å². The molecule has 0 atom stereocenters. The van der Waals surface area contributed by atoms with E-state index in [1.54, 1.807) is 7.11 Å². The van der Waals surface area contributed by atoms with Crippen molar-refractivity contribution in [3.05, 3.63) is 35.4 Å². The highest BCUT2D eigenvalue weighted by molar-refractivity contribution is 5.97. The summed E-state index contributed by atoms with van der Waals surface area (Å²) in [4.78, 5) is 14.6.